The molecule has 5 heteroatoms. The summed E-state index contributed by atoms with van der Waals surface area (Å²) in [4.78, 5) is 9.11. The van der Waals surface area contributed by atoms with Crippen molar-refractivity contribution in [3.8, 4) is 22.8 Å². The summed E-state index contributed by atoms with van der Waals surface area (Å²) in [5, 5.41) is 1.33. The number of aryl methyl sites for hydroxylation is 1. The molecule has 0 aliphatic carbocycles. The van der Waals surface area contributed by atoms with Crippen molar-refractivity contribution in [2.75, 3.05) is 46.9 Å². The van der Waals surface area contributed by atoms with Crippen LogP contribution in [-0.4, -0.2) is 67.8 Å². The molecule has 1 aromatic heterocycles. The van der Waals surface area contributed by atoms with Gasteiger partial charge in [0.1, 0.15) is 0 Å². The van der Waals surface area contributed by atoms with Crippen LogP contribution >= 0.6 is 0 Å². The molecule has 36 heavy (non-hydrogen) atoms. The van der Waals surface area contributed by atoms with Crippen LogP contribution in [0.25, 0.3) is 22.2 Å². The number of benzene rings is 2. The number of aromatic nitrogens is 1. The standard InChI is InChI=1S/C31H43N3O2/c1-21(2)20-33-14-12-26(13-15-33)34-16-10-23(11-17-34)24-6-8-28-27(18-24)22(3)31(32-28)25-7-9-29(35-4)30(19-25)36-5/h6-9,18-19,21,23,26,32H,10-17,20H2,1-5H3. The molecule has 2 fully saturated rings. The van der Waals surface area contributed by atoms with Gasteiger partial charge in [-0.1, -0.05) is 19.9 Å². The van der Waals surface area contributed by atoms with E-state index in [1.54, 1.807) is 14.2 Å². The molecule has 0 spiro atoms. The van der Waals surface area contributed by atoms with Crippen molar-refractivity contribution in [2.45, 2.75) is 58.4 Å². The number of hydrogen-bond acceptors (Lipinski definition) is 4. The van der Waals surface area contributed by atoms with E-state index in [0.29, 0.717) is 5.92 Å². The Balaban J connectivity index is 1.26. The molecule has 0 atom stereocenters. The van der Waals surface area contributed by atoms with Crippen molar-refractivity contribution >= 4 is 10.9 Å². The molecular formula is C31H43N3O2. The number of ether oxygens (including phenoxy) is 2. The lowest BCUT2D eigenvalue weighted by Crippen LogP contribution is -2.48. The normalized spacial score (nSPS) is 18.8. The van der Waals surface area contributed by atoms with Crippen LogP contribution < -0.4 is 9.47 Å². The van der Waals surface area contributed by atoms with Crippen LogP contribution in [-0.2, 0) is 0 Å². The number of H-pyrrole nitrogens is 1. The van der Waals surface area contributed by atoms with E-state index < -0.39 is 0 Å². The summed E-state index contributed by atoms with van der Waals surface area (Å²) < 4.78 is 11.0. The number of aromatic amines is 1. The molecule has 3 aromatic rings. The van der Waals surface area contributed by atoms with Crippen molar-refractivity contribution in [3.05, 3.63) is 47.5 Å². The van der Waals surface area contributed by atoms with Crippen LogP contribution in [0, 0.1) is 12.8 Å². The lowest BCUT2D eigenvalue weighted by Gasteiger charge is -2.42. The van der Waals surface area contributed by atoms with Crippen LogP contribution in [0.3, 0.4) is 0 Å². The fourth-order valence-corrected chi connectivity index (χ4v) is 6.46. The first-order valence-corrected chi connectivity index (χ1v) is 13.8. The Bertz CT molecular complexity index is 1170. The monoisotopic (exact) mass is 489 g/mol. The third kappa shape index (κ3) is 5.14. The SMILES string of the molecule is COc1ccc(-c2[nH]c3ccc(C4CCN(C5CCN(CC(C)C)CC5)CC4)cc3c2C)cc1OC. The maximum atomic E-state index is 5.54. The maximum absolute atomic E-state index is 5.54. The number of hydrogen-bond donors (Lipinski definition) is 1. The minimum atomic E-state index is 0.658. The van der Waals surface area contributed by atoms with Crippen LogP contribution in [0.1, 0.15) is 56.6 Å². The number of nitrogens with one attached hydrogen (secondary N) is 1. The summed E-state index contributed by atoms with van der Waals surface area (Å²) in [6, 6.07) is 14.0. The second-order valence-corrected chi connectivity index (χ2v) is 11.2. The van der Waals surface area contributed by atoms with Crippen LogP contribution in [0.5, 0.6) is 11.5 Å². The summed E-state index contributed by atoms with van der Waals surface area (Å²) in [7, 11) is 3.36. The number of likely N-dealkylation sites (tertiary alicyclic amines) is 2. The average molecular weight is 490 g/mol. The Hall–Kier alpha value is -2.50. The lowest BCUT2D eigenvalue weighted by molar-refractivity contribution is 0.0828. The molecule has 3 heterocycles. The topological polar surface area (TPSA) is 40.7 Å². The molecule has 0 unspecified atom stereocenters. The van der Waals surface area contributed by atoms with E-state index in [-0.39, 0.29) is 0 Å². The predicted octanol–water partition coefficient (Wildman–Crippen LogP) is 6.46. The second-order valence-electron chi connectivity index (χ2n) is 11.2. The molecule has 1 N–H and O–H groups in total. The zero-order valence-electron chi connectivity index (χ0n) is 22.8. The predicted molar refractivity (Wildman–Crippen MR) is 149 cm³/mol. The highest BCUT2D eigenvalue weighted by molar-refractivity contribution is 5.91. The van der Waals surface area contributed by atoms with Crippen molar-refractivity contribution in [3.63, 3.8) is 0 Å². The van der Waals surface area contributed by atoms with E-state index in [9.17, 15) is 0 Å². The summed E-state index contributed by atoms with van der Waals surface area (Å²) in [6.07, 6.45) is 5.21. The second kappa shape index (κ2) is 10.9. The number of nitrogens with zero attached hydrogens (tertiary/aromatic N) is 2. The van der Waals surface area contributed by atoms with Gasteiger partial charge in [-0.15, -0.1) is 0 Å². The highest BCUT2D eigenvalue weighted by Crippen LogP contribution is 2.38. The van der Waals surface area contributed by atoms with E-state index in [1.165, 1.54) is 80.4 Å². The van der Waals surface area contributed by atoms with E-state index in [1.807, 2.05) is 6.07 Å². The molecule has 0 bridgehead atoms. The molecule has 5 rings (SSSR count). The number of rotatable bonds is 7. The van der Waals surface area contributed by atoms with Crippen molar-refractivity contribution in [2.24, 2.45) is 5.92 Å². The summed E-state index contributed by atoms with van der Waals surface area (Å²) >= 11 is 0. The summed E-state index contributed by atoms with van der Waals surface area (Å²) in [6.45, 7) is 13.2. The minimum absolute atomic E-state index is 0.658. The zero-order chi connectivity index (χ0) is 25.2. The number of methoxy groups -OCH3 is 2. The molecular weight excluding hydrogens is 446 g/mol. The molecule has 2 aliphatic heterocycles. The van der Waals surface area contributed by atoms with Gasteiger partial charge < -0.3 is 24.3 Å². The van der Waals surface area contributed by atoms with Crippen LogP contribution in [0.2, 0.25) is 0 Å². The van der Waals surface area contributed by atoms with E-state index in [2.05, 4.69) is 65.9 Å². The molecule has 2 aliphatic rings. The van der Waals surface area contributed by atoms with Gasteiger partial charge in [-0.3, -0.25) is 0 Å². The summed E-state index contributed by atoms with van der Waals surface area (Å²) in [5.74, 6) is 2.94. The van der Waals surface area contributed by atoms with Gasteiger partial charge in [0.05, 0.1) is 14.2 Å². The van der Waals surface area contributed by atoms with Gasteiger partial charge in [-0.2, -0.15) is 0 Å². The Morgan fingerprint density at radius 3 is 2.28 bits per heavy atom. The fourth-order valence-electron chi connectivity index (χ4n) is 6.46. The first-order chi connectivity index (χ1) is 17.5. The fraction of sp³-hybridized carbons (Fsp3) is 0.548. The van der Waals surface area contributed by atoms with E-state index >= 15 is 0 Å². The molecule has 0 radical (unpaired) electrons. The zero-order valence-corrected chi connectivity index (χ0v) is 22.8. The molecule has 194 valence electrons. The van der Waals surface area contributed by atoms with Gasteiger partial charge in [0.15, 0.2) is 11.5 Å². The Morgan fingerprint density at radius 2 is 1.61 bits per heavy atom. The maximum Gasteiger partial charge on any atom is 0.161 e. The smallest absolute Gasteiger partial charge is 0.161 e. The molecule has 0 amide bonds. The number of fused-ring (bicyclic) bond motifs is 1. The Morgan fingerprint density at radius 1 is 0.889 bits per heavy atom. The van der Waals surface area contributed by atoms with Crippen LogP contribution in [0.4, 0.5) is 0 Å². The van der Waals surface area contributed by atoms with Gasteiger partial charge >= 0.3 is 0 Å². The third-order valence-electron chi connectivity index (χ3n) is 8.45. The van der Waals surface area contributed by atoms with Crippen molar-refractivity contribution < 1.29 is 9.47 Å². The quantitative estimate of drug-likeness (QED) is 0.413. The highest BCUT2D eigenvalue weighted by Gasteiger charge is 2.29. The first-order valence-electron chi connectivity index (χ1n) is 13.8. The van der Waals surface area contributed by atoms with Gasteiger partial charge in [0.25, 0.3) is 0 Å². The van der Waals surface area contributed by atoms with Crippen LogP contribution in [0.15, 0.2) is 36.4 Å². The average Bonchev–Trinajstić information content (AvgIpc) is 3.24. The first kappa shape index (κ1) is 25.2. The van der Waals surface area contributed by atoms with E-state index in [4.69, 9.17) is 9.47 Å². The van der Waals surface area contributed by atoms with Gasteiger partial charge in [0, 0.05) is 34.7 Å². The van der Waals surface area contributed by atoms with Crippen molar-refractivity contribution in [1.29, 1.82) is 0 Å². The van der Waals surface area contributed by atoms with E-state index in [0.717, 1.165) is 34.7 Å². The molecule has 2 saturated heterocycles. The van der Waals surface area contributed by atoms with Gasteiger partial charge in [-0.05, 0) is 112 Å². The molecule has 2 aromatic carbocycles. The Labute approximate surface area is 216 Å². The highest BCUT2D eigenvalue weighted by atomic mass is 16.5. The number of piperidine rings is 2. The molecule has 5 nitrogen and oxygen atoms in total. The van der Waals surface area contributed by atoms with Gasteiger partial charge in [-0.25, -0.2) is 0 Å². The molecule has 0 saturated carbocycles. The third-order valence-corrected chi connectivity index (χ3v) is 8.45. The Kier molecular flexibility index (Phi) is 7.59. The van der Waals surface area contributed by atoms with Crippen molar-refractivity contribution in [1.82, 2.24) is 14.8 Å². The largest absolute Gasteiger partial charge is 0.493 e. The van der Waals surface area contributed by atoms with Gasteiger partial charge in [0.2, 0.25) is 0 Å². The minimum Gasteiger partial charge on any atom is -0.493 e. The lowest BCUT2D eigenvalue weighted by atomic mass is 9.87. The summed E-state index contributed by atoms with van der Waals surface area (Å²) in [5.41, 5.74) is 6.27.